The van der Waals surface area contributed by atoms with E-state index in [4.69, 9.17) is 26.8 Å². The van der Waals surface area contributed by atoms with Crippen molar-refractivity contribution in [2.75, 3.05) is 13.7 Å². The Morgan fingerprint density at radius 2 is 2.00 bits per heavy atom. The Balaban J connectivity index is 2.69. The van der Waals surface area contributed by atoms with E-state index in [-0.39, 0.29) is 6.04 Å². The Morgan fingerprint density at radius 1 is 1.25 bits per heavy atom. The second-order valence-electron chi connectivity index (χ2n) is 5.20. The van der Waals surface area contributed by atoms with Crippen molar-refractivity contribution in [1.29, 1.82) is 0 Å². The molecule has 1 atom stereocenters. The predicted molar refractivity (Wildman–Crippen MR) is 85.0 cm³/mol. The largest absolute Gasteiger partial charge is 0.493 e. The van der Waals surface area contributed by atoms with Gasteiger partial charge in [0, 0.05) is 6.04 Å². The minimum Gasteiger partial charge on any atom is -0.493 e. The Kier molecular flexibility index (Phi) is 7.78. The van der Waals surface area contributed by atoms with Gasteiger partial charge in [-0.15, -0.1) is 0 Å². The summed E-state index contributed by atoms with van der Waals surface area (Å²) in [6.45, 7) is 4.83. The average molecular weight is 300 g/mol. The monoisotopic (exact) mass is 299 g/mol. The molecule has 1 aromatic carbocycles. The Morgan fingerprint density at radius 3 is 2.60 bits per heavy atom. The highest BCUT2D eigenvalue weighted by Gasteiger charge is 2.12. The molecule has 114 valence electrons. The van der Waals surface area contributed by atoms with Crippen molar-refractivity contribution in [2.24, 2.45) is 5.73 Å². The smallest absolute Gasteiger partial charge is 0.179 e. The van der Waals surface area contributed by atoms with Gasteiger partial charge in [-0.1, -0.05) is 37.8 Å². The van der Waals surface area contributed by atoms with Crippen molar-refractivity contribution in [3.05, 3.63) is 22.7 Å². The number of ether oxygens (including phenoxy) is 2. The summed E-state index contributed by atoms with van der Waals surface area (Å²) in [6, 6.07) is 3.96. The van der Waals surface area contributed by atoms with E-state index >= 15 is 0 Å². The van der Waals surface area contributed by atoms with Gasteiger partial charge in [0.1, 0.15) is 0 Å². The molecule has 0 amide bonds. The fraction of sp³-hybridized carbons (Fsp3) is 0.625. The average Bonchev–Trinajstić information content (AvgIpc) is 2.39. The third-order valence-electron chi connectivity index (χ3n) is 3.09. The van der Waals surface area contributed by atoms with Crippen molar-refractivity contribution in [2.45, 2.75) is 52.0 Å². The van der Waals surface area contributed by atoms with Gasteiger partial charge in [-0.3, -0.25) is 0 Å². The summed E-state index contributed by atoms with van der Waals surface area (Å²) >= 11 is 6.29. The summed E-state index contributed by atoms with van der Waals surface area (Å²) in [5.74, 6) is 1.32. The normalized spacial score (nSPS) is 12.2. The summed E-state index contributed by atoms with van der Waals surface area (Å²) < 4.78 is 11.2. The second kappa shape index (κ2) is 9.09. The fourth-order valence-electron chi connectivity index (χ4n) is 2.11. The number of benzene rings is 1. The number of rotatable bonds is 9. The maximum Gasteiger partial charge on any atom is 0.179 e. The van der Waals surface area contributed by atoms with E-state index in [0.717, 1.165) is 18.4 Å². The summed E-state index contributed by atoms with van der Waals surface area (Å²) in [6.07, 6.45) is 5.44. The van der Waals surface area contributed by atoms with Crippen LogP contribution in [0.15, 0.2) is 12.1 Å². The second-order valence-corrected chi connectivity index (χ2v) is 5.61. The number of halogens is 1. The minimum atomic E-state index is 0.0941. The summed E-state index contributed by atoms with van der Waals surface area (Å²) in [5, 5.41) is 0.593. The van der Waals surface area contributed by atoms with Crippen molar-refractivity contribution in [1.82, 2.24) is 0 Å². The van der Waals surface area contributed by atoms with E-state index in [1.807, 2.05) is 19.1 Å². The topological polar surface area (TPSA) is 44.5 Å². The molecule has 1 rings (SSSR count). The molecule has 0 aliphatic carbocycles. The zero-order valence-corrected chi connectivity index (χ0v) is 13.5. The van der Waals surface area contributed by atoms with Gasteiger partial charge in [-0.25, -0.2) is 0 Å². The van der Waals surface area contributed by atoms with Crippen LogP contribution >= 0.6 is 11.6 Å². The van der Waals surface area contributed by atoms with E-state index in [1.165, 1.54) is 19.3 Å². The molecule has 1 aromatic rings. The first-order chi connectivity index (χ1) is 9.58. The molecule has 2 N–H and O–H groups in total. The molecule has 0 saturated heterocycles. The van der Waals surface area contributed by atoms with Crippen molar-refractivity contribution in [3.63, 3.8) is 0 Å². The lowest BCUT2D eigenvalue weighted by Crippen LogP contribution is -2.17. The van der Waals surface area contributed by atoms with Gasteiger partial charge in [-0.2, -0.15) is 0 Å². The number of unbranched alkanes of at least 4 members (excludes halogenated alkanes) is 3. The minimum absolute atomic E-state index is 0.0941. The van der Waals surface area contributed by atoms with Crippen LogP contribution < -0.4 is 15.2 Å². The molecule has 0 radical (unpaired) electrons. The van der Waals surface area contributed by atoms with Gasteiger partial charge in [0.05, 0.1) is 18.7 Å². The van der Waals surface area contributed by atoms with E-state index < -0.39 is 0 Å². The number of methoxy groups -OCH3 is 1. The molecule has 3 nitrogen and oxygen atoms in total. The highest BCUT2D eigenvalue weighted by Crippen LogP contribution is 2.36. The zero-order chi connectivity index (χ0) is 15.0. The van der Waals surface area contributed by atoms with Crippen LogP contribution in [0, 0.1) is 0 Å². The third-order valence-corrected chi connectivity index (χ3v) is 3.37. The van der Waals surface area contributed by atoms with Crippen LogP contribution in [0.5, 0.6) is 11.5 Å². The maximum absolute atomic E-state index is 6.29. The van der Waals surface area contributed by atoms with Crippen LogP contribution in [0.2, 0.25) is 5.02 Å². The number of hydrogen-bond donors (Lipinski definition) is 1. The van der Waals surface area contributed by atoms with E-state index in [2.05, 4.69) is 6.92 Å². The molecule has 1 unspecified atom stereocenters. The van der Waals surface area contributed by atoms with E-state index in [9.17, 15) is 0 Å². The molecule has 0 heterocycles. The highest BCUT2D eigenvalue weighted by atomic mass is 35.5. The molecule has 4 heteroatoms. The lowest BCUT2D eigenvalue weighted by molar-refractivity contribution is 0.285. The van der Waals surface area contributed by atoms with Gasteiger partial charge in [0.15, 0.2) is 11.5 Å². The first kappa shape index (κ1) is 17.1. The van der Waals surface area contributed by atoms with Gasteiger partial charge < -0.3 is 15.2 Å². The summed E-state index contributed by atoms with van der Waals surface area (Å²) in [5.41, 5.74) is 6.89. The van der Waals surface area contributed by atoms with Gasteiger partial charge in [-0.05, 0) is 37.5 Å². The SMILES string of the molecule is CCCCCCOc1c(Cl)cc(CC(C)N)cc1OC. The Labute approximate surface area is 127 Å². The van der Waals surface area contributed by atoms with Gasteiger partial charge in [0.25, 0.3) is 0 Å². The molecule has 20 heavy (non-hydrogen) atoms. The van der Waals surface area contributed by atoms with Crippen LogP contribution in [-0.4, -0.2) is 19.8 Å². The van der Waals surface area contributed by atoms with E-state index in [1.54, 1.807) is 7.11 Å². The first-order valence-corrected chi connectivity index (χ1v) is 7.71. The zero-order valence-electron chi connectivity index (χ0n) is 12.7. The molecule has 0 spiro atoms. The Bertz CT molecular complexity index is 408. The van der Waals surface area contributed by atoms with Crippen molar-refractivity contribution < 1.29 is 9.47 Å². The van der Waals surface area contributed by atoms with Gasteiger partial charge >= 0.3 is 0 Å². The molecule has 0 bridgehead atoms. The Hall–Kier alpha value is -0.930. The van der Waals surface area contributed by atoms with Crippen molar-refractivity contribution >= 4 is 11.6 Å². The number of hydrogen-bond acceptors (Lipinski definition) is 3. The highest BCUT2D eigenvalue weighted by molar-refractivity contribution is 6.32. The standard InChI is InChI=1S/C16H26ClNO2/c1-4-5-6-7-8-20-16-14(17)10-13(9-12(2)18)11-15(16)19-3/h10-12H,4-9,18H2,1-3H3. The molecule has 0 aliphatic heterocycles. The molecule has 0 saturated carbocycles. The summed E-state index contributed by atoms with van der Waals surface area (Å²) in [7, 11) is 1.63. The molecule has 0 aliphatic rings. The van der Waals surface area contributed by atoms with Crippen LogP contribution in [0.1, 0.15) is 45.1 Å². The quantitative estimate of drug-likeness (QED) is 0.695. The molecule has 0 fully saturated rings. The van der Waals surface area contributed by atoms with Crippen LogP contribution in [0.4, 0.5) is 0 Å². The predicted octanol–water partition coefficient (Wildman–Crippen LogP) is 4.20. The molecular weight excluding hydrogens is 274 g/mol. The fourth-order valence-corrected chi connectivity index (χ4v) is 2.39. The van der Waals surface area contributed by atoms with Crippen molar-refractivity contribution in [3.8, 4) is 11.5 Å². The van der Waals surface area contributed by atoms with Crippen LogP contribution in [-0.2, 0) is 6.42 Å². The summed E-state index contributed by atoms with van der Waals surface area (Å²) in [4.78, 5) is 0. The third kappa shape index (κ3) is 5.59. The van der Waals surface area contributed by atoms with Gasteiger partial charge in [0.2, 0.25) is 0 Å². The van der Waals surface area contributed by atoms with Crippen LogP contribution in [0.3, 0.4) is 0 Å². The first-order valence-electron chi connectivity index (χ1n) is 7.33. The maximum atomic E-state index is 6.29. The van der Waals surface area contributed by atoms with Crippen LogP contribution in [0.25, 0.3) is 0 Å². The van der Waals surface area contributed by atoms with E-state index in [0.29, 0.717) is 23.1 Å². The number of nitrogens with two attached hydrogens (primary N) is 1. The molecular formula is C16H26ClNO2. The lowest BCUT2D eigenvalue weighted by atomic mass is 10.1. The molecule has 0 aromatic heterocycles. The lowest BCUT2D eigenvalue weighted by Gasteiger charge is -2.15.